The Bertz CT molecular complexity index is 888. The predicted molar refractivity (Wildman–Crippen MR) is 128 cm³/mol. The molecular weight excluding hydrogens is 428 g/mol. The summed E-state index contributed by atoms with van der Waals surface area (Å²) >= 11 is 5.65. The second-order valence-electron chi connectivity index (χ2n) is 8.10. The van der Waals surface area contributed by atoms with Crippen LogP contribution in [0.5, 0.6) is 11.5 Å². The molecule has 0 radical (unpaired) electrons. The third-order valence-electron chi connectivity index (χ3n) is 4.96. The quantitative estimate of drug-likeness (QED) is 0.286. The lowest BCUT2D eigenvalue weighted by Crippen LogP contribution is -2.24. The second kappa shape index (κ2) is 12.7. The molecule has 2 N–H and O–H groups in total. The Morgan fingerprint density at radius 2 is 1.25 bits per heavy atom. The van der Waals surface area contributed by atoms with Crippen LogP contribution in [0.25, 0.3) is 0 Å². The highest BCUT2D eigenvalue weighted by Crippen LogP contribution is 2.29. The van der Waals surface area contributed by atoms with Crippen molar-refractivity contribution in [3.8, 4) is 23.8 Å². The van der Waals surface area contributed by atoms with Gasteiger partial charge in [-0.2, -0.15) is 0 Å². The van der Waals surface area contributed by atoms with Crippen LogP contribution in [-0.4, -0.2) is 54.7 Å². The Balaban J connectivity index is 2.06. The number of benzene rings is 2. The molecule has 5 nitrogen and oxygen atoms in total. The standard InChI is InChI=1S/C26H33ClO5/c1-6-7-30-14-24(29)16-32-26-19(4)10-22(11-20(26)5)12-21-8-17(2)25(18(3)9-21)31-15-23(28)13-27/h1,8-11,23-24,28-29H,7,12-16H2,2-5H3/t23-,24+/m1/s1. The fraction of sp³-hybridized carbons (Fsp3) is 0.462. The number of hydrogen-bond acceptors (Lipinski definition) is 5. The number of rotatable bonds is 12. The fourth-order valence-corrected chi connectivity index (χ4v) is 3.77. The molecule has 2 aromatic rings. The first kappa shape index (κ1) is 26.0. The Morgan fingerprint density at radius 3 is 1.66 bits per heavy atom. The minimum Gasteiger partial charge on any atom is -0.490 e. The molecule has 0 aliphatic carbocycles. The van der Waals surface area contributed by atoms with Crippen LogP contribution in [0.1, 0.15) is 33.4 Å². The number of hydrogen-bond donors (Lipinski definition) is 2. The third-order valence-corrected chi connectivity index (χ3v) is 5.32. The summed E-state index contributed by atoms with van der Waals surface area (Å²) in [5.41, 5.74) is 6.43. The lowest BCUT2D eigenvalue weighted by atomic mass is 9.97. The average molecular weight is 461 g/mol. The number of alkyl halides is 1. The summed E-state index contributed by atoms with van der Waals surface area (Å²) in [6.45, 7) is 8.65. The lowest BCUT2D eigenvalue weighted by molar-refractivity contribution is 0.0226. The van der Waals surface area contributed by atoms with Crippen molar-refractivity contribution in [2.45, 2.75) is 46.3 Å². The molecule has 0 spiro atoms. The summed E-state index contributed by atoms with van der Waals surface area (Å²) in [6, 6.07) is 8.43. The third kappa shape index (κ3) is 7.72. The summed E-state index contributed by atoms with van der Waals surface area (Å²) in [5, 5.41) is 19.6. The summed E-state index contributed by atoms with van der Waals surface area (Å²) < 4.78 is 16.8. The van der Waals surface area contributed by atoms with E-state index in [0.717, 1.165) is 40.2 Å². The molecule has 2 rings (SSSR count). The molecule has 32 heavy (non-hydrogen) atoms. The Labute approximate surface area is 196 Å². The lowest BCUT2D eigenvalue weighted by Gasteiger charge is -2.18. The molecular formula is C26H33ClO5. The van der Waals surface area contributed by atoms with Gasteiger partial charge in [0.15, 0.2) is 0 Å². The minimum atomic E-state index is -0.737. The van der Waals surface area contributed by atoms with Crippen LogP contribution in [-0.2, 0) is 11.2 Å². The first-order chi connectivity index (χ1) is 15.2. The van der Waals surface area contributed by atoms with E-state index in [0.29, 0.717) is 0 Å². The van der Waals surface area contributed by atoms with Gasteiger partial charge in [-0.25, -0.2) is 0 Å². The molecule has 0 aliphatic rings. The summed E-state index contributed by atoms with van der Waals surface area (Å²) in [6.07, 6.45) is 4.49. The van der Waals surface area contributed by atoms with Crippen molar-refractivity contribution < 1.29 is 24.4 Å². The molecule has 0 bridgehead atoms. The van der Waals surface area contributed by atoms with Gasteiger partial charge in [-0.05, 0) is 67.5 Å². The number of aryl methyl sites for hydroxylation is 4. The van der Waals surface area contributed by atoms with Gasteiger partial charge in [0, 0.05) is 0 Å². The van der Waals surface area contributed by atoms with Crippen molar-refractivity contribution in [2.24, 2.45) is 0 Å². The number of aliphatic hydroxyl groups excluding tert-OH is 2. The molecule has 0 amide bonds. The number of aliphatic hydroxyl groups is 2. The maximum absolute atomic E-state index is 9.98. The van der Waals surface area contributed by atoms with Crippen molar-refractivity contribution >= 4 is 11.6 Å². The molecule has 174 valence electrons. The van der Waals surface area contributed by atoms with E-state index < -0.39 is 12.2 Å². The van der Waals surface area contributed by atoms with Crippen LogP contribution >= 0.6 is 11.6 Å². The molecule has 0 saturated carbocycles. The van der Waals surface area contributed by atoms with Crippen molar-refractivity contribution in [3.05, 3.63) is 57.6 Å². The van der Waals surface area contributed by atoms with Crippen molar-refractivity contribution in [2.75, 3.05) is 32.3 Å². The molecule has 2 aromatic carbocycles. The fourth-order valence-electron chi connectivity index (χ4n) is 3.68. The van der Waals surface area contributed by atoms with Gasteiger partial charge in [-0.1, -0.05) is 30.2 Å². The van der Waals surface area contributed by atoms with Crippen LogP contribution < -0.4 is 9.47 Å². The van der Waals surface area contributed by atoms with Crippen LogP contribution in [0.4, 0.5) is 0 Å². The normalized spacial score (nSPS) is 12.8. The maximum Gasteiger partial charge on any atom is 0.125 e. The molecule has 0 aliphatic heterocycles. The van der Waals surface area contributed by atoms with Gasteiger partial charge in [0.05, 0.1) is 12.5 Å². The van der Waals surface area contributed by atoms with Gasteiger partial charge in [-0.15, -0.1) is 18.0 Å². The van der Waals surface area contributed by atoms with Crippen LogP contribution in [0.15, 0.2) is 24.3 Å². The average Bonchev–Trinajstić information content (AvgIpc) is 2.72. The molecule has 0 saturated heterocycles. The number of terminal acetylenes is 1. The second-order valence-corrected chi connectivity index (χ2v) is 8.41. The van der Waals surface area contributed by atoms with Gasteiger partial charge in [0.2, 0.25) is 0 Å². The highest BCUT2D eigenvalue weighted by molar-refractivity contribution is 6.18. The Kier molecular flexibility index (Phi) is 10.3. The van der Waals surface area contributed by atoms with Crippen molar-refractivity contribution in [1.29, 1.82) is 0 Å². The van der Waals surface area contributed by atoms with E-state index in [4.69, 9.17) is 32.2 Å². The topological polar surface area (TPSA) is 68.2 Å². The van der Waals surface area contributed by atoms with Gasteiger partial charge >= 0.3 is 0 Å². The van der Waals surface area contributed by atoms with Gasteiger partial charge in [-0.3, -0.25) is 0 Å². The zero-order valence-corrected chi connectivity index (χ0v) is 20.0. The molecule has 0 unspecified atom stereocenters. The van der Waals surface area contributed by atoms with Gasteiger partial charge in [0.25, 0.3) is 0 Å². The molecule has 2 atom stereocenters. The van der Waals surface area contributed by atoms with E-state index in [1.165, 1.54) is 11.1 Å². The van der Waals surface area contributed by atoms with Crippen LogP contribution in [0, 0.1) is 40.0 Å². The summed E-state index contributed by atoms with van der Waals surface area (Å²) in [7, 11) is 0. The van der Waals surface area contributed by atoms with Crippen molar-refractivity contribution in [1.82, 2.24) is 0 Å². The Hall–Kier alpha value is -2.23. The van der Waals surface area contributed by atoms with E-state index in [9.17, 15) is 10.2 Å². The highest BCUT2D eigenvalue weighted by atomic mass is 35.5. The minimum absolute atomic E-state index is 0.142. The van der Waals surface area contributed by atoms with Crippen LogP contribution in [0.2, 0.25) is 0 Å². The maximum atomic E-state index is 9.98. The van der Waals surface area contributed by atoms with Gasteiger partial charge in [0.1, 0.15) is 43.5 Å². The SMILES string of the molecule is C#CCOC[C@H](O)COc1c(C)cc(Cc2cc(C)c(OC[C@H](O)CCl)c(C)c2)cc1C. The molecule has 0 heterocycles. The monoisotopic (exact) mass is 460 g/mol. The van der Waals surface area contributed by atoms with E-state index in [1.807, 2.05) is 27.7 Å². The first-order valence-electron chi connectivity index (χ1n) is 10.6. The van der Waals surface area contributed by atoms with E-state index >= 15 is 0 Å². The van der Waals surface area contributed by atoms with Crippen molar-refractivity contribution in [3.63, 3.8) is 0 Å². The van der Waals surface area contributed by atoms with Crippen LogP contribution in [0.3, 0.4) is 0 Å². The highest BCUT2D eigenvalue weighted by Gasteiger charge is 2.13. The zero-order valence-electron chi connectivity index (χ0n) is 19.3. The zero-order chi connectivity index (χ0) is 23.7. The summed E-state index contributed by atoms with van der Waals surface area (Å²) in [4.78, 5) is 0. The van der Waals surface area contributed by atoms with E-state index in [1.54, 1.807) is 0 Å². The van der Waals surface area contributed by atoms with E-state index in [2.05, 4.69) is 30.2 Å². The molecule has 0 aromatic heterocycles. The molecule has 6 heteroatoms. The van der Waals surface area contributed by atoms with E-state index in [-0.39, 0.29) is 32.3 Å². The predicted octanol–water partition coefficient (Wildman–Crippen LogP) is 3.88. The first-order valence-corrected chi connectivity index (χ1v) is 11.2. The smallest absolute Gasteiger partial charge is 0.125 e. The summed E-state index contributed by atoms with van der Waals surface area (Å²) in [5.74, 6) is 4.08. The Morgan fingerprint density at radius 1 is 0.812 bits per heavy atom. The number of halogens is 1. The largest absolute Gasteiger partial charge is 0.490 e. The van der Waals surface area contributed by atoms with Gasteiger partial charge < -0.3 is 24.4 Å². The molecule has 0 fully saturated rings. The number of ether oxygens (including phenoxy) is 3.